The van der Waals surface area contributed by atoms with Gasteiger partial charge >= 0.3 is 0 Å². The van der Waals surface area contributed by atoms with Crippen molar-refractivity contribution in [2.24, 2.45) is 0 Å². The Hall–Kier alpha value is -2.45. The number of nitrogens with one attached hydrogen (secondary N) is 1. The molecule has 0 spiro atoms. The molecule has 1 atom stereocenters. The van der Waals surface area contributed by atoms with Crippen LogP contribution in [0.3, 0.4) is 0 Å². The van der Waals surface area contributed by atoms with Crippen molar-refractivity contribution in [2.45, 2.75) is 37.8 Å². The monoisotopic (exact) mass is 338 g/mol. The first-order chi connectivity index (χ1) is 11.5. The van der Waals surface area contributed by atoms with Gasteiger partial charge in [-0.05, 0) is 50.5 Å². The normalized spacial score (nSPS) is 16.5. The quantitative estimate of drug-likeness (QED) is 0.516. The number of pyridine rings is 1. The van der Waals surface area contributed by atoms with E-state index in [2.05, 4.69) is 16.2 Å². The molecule has 0 saturated heterocycles. The lowest BCUT2D eigenvalue weighted by Gasteiger charge is -2.39. The Bertz CT molecular complexity index is 837. The summed E-state index contributed by atoms with van der Waals surface area (Å²) in [5.74, 6) is 3.26. The van der Waals surface area contributed by atoms with Gasteiger partial charge in [0, 0.05) is 17.1 Å². The van der Waals surface area contributed by atoms with Crippen molar-refractivity contribution in [1.29, 1.82) is 0 Å². The topological polar surface area (TPSA) is 51.2 Å². The molecular formula is C19H18N2O2S. The van der Waals surface area contributed by atoms with Crippen molar-refractivity contribution in [3.05, 3.63) is 36.0 Å². The molecule has 1 unspecified atom stereocenters. The van der Waals surface area contributed by atoms with Crippen LogP contribution in [0, 0.1) is 12.3 Å². The highest BCUT2D eigenvalue weighted by molar-refractivity contribution is 7.80. The van der Waals surface area contributed by atoms with Gasteiger partial charge in [0.05, 0.1) is 11.1 Å². The fraction of sp³-hybridized carbons (Fsp3) is 0.316. The molecule has 1 aromatic carbocycles. The molecule has 0 bridgehead atoms. The van der Waals surface area contributed by atoms with Crippen molar-refractivity contribution in [3.63, 3.8) is 0 Å². The molecule has 1 saturated carbocycles. The Kier molecular flexibility index (Phi) is 4.50. The van der Waals surface area contributed by atoms with Crippen molar-refractivity contribution < 1.29 is 9.53 Å². The van der Waals surface area contributed by atoms with Crippen molar-refractivity contribution >= 4 is 34.4 Å². The fourth-order valence-electron chi connectivity index (χ4n) is 2.70. The zero-order valence-corrected chi connectivity index (χ0v) is 14.2. The fourth-order valence-corrected chi connectivity index (χ4v) is 2.95. The Morgan fingerprint density at radius 1 is 1.50 bits per heavy atom. The smallest absolute Gasteiger partial charge is 0.146 e. The lowest BCUT2D eigenvalue weighted by molar-refractivity contribution is -0.115. The Morgan fingerprint density at radius 3 is 2.92 bits per heavy atom. The van der Waals surface area contributed by atoms with Gasteiger partial charge in [-0.2, -0.15) is 0 Å². The second-order valence-corrected chi connectivity index (χ2v) is 6.54. The molecule has 24 heavy (non-hydrogen) atoms. The molecule has 1 aliphatic carbocycles. The number of aldehydes is 1. The predicted octanol–water partition coefficient (Wildman–Crippen LogP) is 3.02. The van der Waals surface area contributed by atoms with Crippen molar-refractivity contribution in [3.8, 4) is 18.1 Å². The first-order valence-electron chi connectivity index (χ1n) is 7.87. The molecule has 2 aromatic rings. The van der Waals surface area contributed by atoms with Crippen molar-refractivity contribution in [1.82, 2.24) is 10.3 Å². The summed E-state index contributed by atoms with van der Waals surface area (Å²) >= 11 is 5.39. The summed E-state index contributed by atoms with van der Waals surface area (Å²) in [6.45, 7) is 1.87. The third-order valence-electron chi connectivity index (χ3n) is 4.34. The van der Waals surface area contributed by atoms with Crippen LogP contribution in [-0.4, -0.2) is 27.9 Å². The van der Waals surface area contributed by atoms with Gasteiger partial charge in [0.1, 0.15) is 23.1 Å². The van der Waals surface area contributed by atoms with Crippen LogP contribution in [0.1, 0.15) is 31.7 Å². The van der Waals surface area contributed by atoms with Gasteiger partial charge < -0.3 is 14.8 Å². The molecule has 4 nitrogen and oxygen atoms in total. The number of benzene rings is 1. The van der Waals surface area contributed by atoms with Gasteiger partial charge in [-0.15, -0.1) is 6.42 Å². The number of ether oxygens (including phenoxy) is 1. The molecule has 1 aliphatic rings. The van der Waals surface area contributed by atoms with E-state index in [9.17, 15) is 4.79 Å². The van der Waals surface area contributed by atoms with Gasteiger partial charge in [0.2, 0.25) is 0 Å². The number of nitrogens with zero attached hydrogens (tertiary/aromatic N) is 1. The number of thiocarbonyl (C=S) groups is 1. The Balaban J connectivity index is 1.72. The minimum atomic E-state index is -0.496. The number of carbonyl (C=O) groups is 1. The SMILES string of the molecule is C#Cc1cnc2ccc(OC(C)C(=S)NC3(C=O)CCC3)cc2c1. The predicted molar refractivity (Wildman–Crippen MR) is 98.1 cm³/mol. The molecule has 1 aromatic heterocycles. The summed E-state index contributed by atoms with van der Waals surface area (Å²) in [7, 11) is 0. The van der Waals surface area contributed by atoms with Crippen LogP contribution in [0.5, 0.6) is 5.75 Å². The van der Waals surface area contributed by atoms with E-state index in [1.165, 1.54) is 0 Å². The zero-order valence-electron chi connectivity index (χ0n) is 13.4. The van der Waals surface area contributed by atoms with Gasteiger partial charge in [0.15, 0.2) is 0 Å². The van der Waals surface area contributed by atoms with Crippen LogP contribution in [-0.2, 0) is 4.79 Å². The number of carbonyl (C=O) groups excluding carboxylic acids is 1. The molecule has 0 aliphatic heterocycles. The number of hydrogen-bond donors (Lipinski definition) is 1. The summed E-state index contributed by atoms with van der Waals surface area (Å²) in [5, 5.41) is 4.07. The highest BCUT2D eigenvalue weighted by Gasteiger charge is 2.38. The van der Waals surface area contributed by atoms with Crippen LogP contribution < -0.4 is 10.1 Å². The summed E-state index contributed by atoms with van der Waals surface area (Å²) in [6.07, 6.45) is 10.4. The van der Waals surface area contributed by atoms with E-state index in [-0.39, 0.29) is 6.10 Å². The van der Waals surface area contributed by atoms with E-state index in [4.69, 9.17) is 23.4 Å². The summed E-state index contributed by atoms with van der Waals surface area (Å²) < 4.78 is 5.92. The highest BCUT2D eigenvalue weighted by atomic mass is 32.1. The number of hydrogen-bond acceptors (Lipinski definition) is 4. The van der Waals surface area contributed by atoms with Crippen LogP contribution in [0.2, 0.25) is 0 Å². The molecule has 1 heterocycles. The van der Waals surface area contributed by atoms with Crippen LogP contribution in [0.15, 0.2) is 30.5 Å². The van der Waals surface area contributed by atoms with E-state index in [0.29, 0.717) is 10.7 Å². The van der Waals surface area contributed by atoms with Crippen LogP contribution >= 0.6 is 12.2 Å². The maximum Gasteiger partial charge on any atom is 0.146 e. The third kappa shape index (κ3) is 3.24. The number of aromatic nitrogens is 1. The molecule has 3 rings (SSSR count). The average molecular weight is 338 g/mol. The Labute approximate surface area is 146 Å². The molecule has 0 amide bonds. The highest BCUT2D eigenvalue weighted by Crippen LogP contribution is 2.30. The van der Waals surface area contributed by atoms with E-state index < -0.39 is 5.54 Å². The lowest BCUT2D eigenvalue weighted by Crippen LogP contribution is -2.56. The van der Waals surface area contributed by atoms with Gasteiger partial charge in [-0.1, -0.05) is 18.1 Å². The van der Waals surface area contributed by atoms with E-state index in [0.717, 1.165) is 42.0 Å². The third-order valence-corrected chi connectivity index (χ3v) is 4.78. The standard InChI is InChI=1S/C19H18N2O2S/c1-3-14-9-15-10-16(5-6-17(15)20-11-14)23-13(2)18(24)21-19(12-22)7-4-8-19/h1,5-6,9-13H,4,7-8H2,2H3,(H,21,24). The summed E-state index contributed by atoms with van der Waals surface area (Å²) in [4.78, 5) is 16.1. The molecule has 1 fully saturated rings. The maximum atomic E-state index is 11.2. The van der Waals surface area contributed by atoms with Gasteiger partial charge in [-0.3, -0.25) is 4.98 Å². The number of terminal acetylenes is 1. The molecule has 5 heteroatoms. The number of fused-ring (bicyclic) bond motifs is 1. The minimum absolute atomic E-state index is 0.335. The molecule has 0 radical (unpaired) electrons. The van der Waals surface area contributed by atoms with E-state index in [1.54, 1.807) is 6.20 Å². The zero-order chi connectivity index (χ0) is 17.2. The van der Waals surface area contributed by atoms with Crippen LogP contribution in [0.25, 0.3) is 10.9 Å². The minimum Gasteiger partial charge on any atom is -0.484 e. The maximum absolute atomic E-state index is 11.2. The molecular weight excluding hydrogens is 320 g/mol. The van der Waals surface area contributed by atoms with Crippen molar-refractivity contribution in [2.75, 3.05) is 0 Å². The molecule has 1 N–H and O–H groups in total. The lowest BCUT2D eigenvalue weighted by atomic mass is 9.78. The second kappa shape index (κ2) is 6.58. The summed E-state index contributed by atoms with van der Waals surface area (Å²) in [5.41, 5.74) is 1.08. The van der Waals surface area contributed by atoms with Crippen LogP contribution in [0.4, 0.5) is 0 Å². The Morgan fingerprint density at radius 2 is 2.29 bits per heavy atom. The first-order valence-corrected chi connectivity index (χ1v) is 8.27. The second-order valence-electron chi connectivity index (χ2n) is 6.10. The van der Waals surface area contributed by atoms with Gasteiger partial charge in [-0.25, -0.2) is 0 Å². The first kappa shape index (κ1) is 16.4. The van der Waals surface area contributed by atoms with Gasteiger partial charge in [0.25, 0.3) is 0 Å². The number of rotatable bonds is 5. The van der Waals surface area contributed by atoms with E-state index >= 15 is 0 Å². The summed E-state index contributed by atoms with van der Waals surface area (Å²) in [6, 6.07) is 7.52. The molecule has 122 valence electrons. The largest absolute Gasteiger partial charge is 0.484 e. The average Bonchev–Trinajstić information content (AvgIpc) is 2.57. The van der Waals surface area contributed by atoms with E-state index in [1.807, 2.05) is 31.2 Å².